The first kappa shape index (κ1) is 23.7. The number of hydrogen-bond acceptors (Lipinski definition) is 5. The van der Waals surface area contributed by atoms with Crippen LogP contribution in [-0.2, 0) is 19.6 Å². The van der Waals surface area contributed by atoms with Crippen LogP contribution in [0.3, 0.4) is 0 Å². The molecule has 2 heterocycles. The molecule has 9 heteroatoms. The van der Waals surface area contributed by atoms with Crippen molar-refractivity contribution in [3.05, 3.63) is 29.8 Å². The molecule has 0 aromatic heterocycles. The molecule has 0 spiro atoms. The summed E-state index contributed by atoms with van der Waals surface area (Å²) in [6, 6.07) is 6.12. The number of nitrogens with zero attached hydrogens (tertiary/aromatic N) is 4. The normalized spacial score (nSPS) is 20.7. The van der Waals surface area contributed by atoms with Gasteiger partial charge in [0, 0.05) is 45.8 Å². The third-order valence-electron chi connectivity index (χ3n) is 6.28. The van der Waals surface area contributed by atoms with Gasteiger partial charge >= 0.3 is 0 Å². The molecular weight excluding hydrogens is 416 g/mol. The maximum absolute atomic E-state index is 13.2. The molecule has 2 saturated heterocycles. The number of carbonyl (C=O) groups is 2. The highest BCUT2D eigenvalue weighted by molar-refractivity contribution is 7.89. The minimum Gasteiger partial charge on any atom is -0.342 e. The Balaban J connectivity index is 1.61. The van der Waals surface area contributed by atoms with Crippen molar-refractivity contribution in [2.75, 3.05) is 52.4 Å². The first-order chi connectivity index (χ1) is 14.8. The molecule has 0 bridgehead atoms. The minimum atomic E-state index is -3.71. The Morgan fingerprint density at radius 2 is 1.61 bits per heavy atom. The lowest BCUT2D eigenvalue weighted by Gasteiger charge is -2.37. The summed E-state index contributed by atoms with van der Waals surface area (Å²) in [7, 11) is -3.71. The van der Waals surface area contributed by atoms with Crippen LogP contribution in [0, 0.1) is 6.92 Å². The molecule has 0 saturated carbocycles. The van der Waals surface area contributed by atoms with Crippen LogP contribution in [0.1, 0.15) is 32.3 Å². The quantitative estimate of drug-likeness (QED) is 0.623. The van der Waals surface area contributed by atoms with Crippen molar-refractivity contribution in [3.8, 4) is 0 Å². The van der Waals surface area contributed by atoms with Gasteiger partial charge < -0.3 is 9.80 Å². The third kappa shape index (κ3) is 5.27. The van der Waals surface area contributed by atoms with Gasteiger partial charge in [-0.3, -0.25) is 14.5 Å². The van der Waals surface area contributed by atoms with Crippen LogP contribution in [0.4, 0.5) is 0 Å². The van der Waals surface area contributed by atoms with Gasteiger partial charge in [-0.25, -0.2) is 8.42 Å². The van der Waals surface area contributed by atoms with Crippen LogP contribution in [0.2, 0.25) is 0 Å². The molecule has 31 heavy (non-hydrogen) atoms. The molecule has 8 nitrogen and oxygen atoms in total. The fourth-order valence-electron chi connectivity index (χ4n) is 4.32. The summed E-state index contributed by atoms with van der Waals surface area (Å²) in [5, 5.41) is 0. The van der Waals surface area contributed by atoms with Crippen molar-refractivity contribution in [2.24, 2.45) is 0 Å². The molecule has 0 radical (unpaired) electrons. The second-order valence-electron chi connectivity index (χ2n) is 8.25. The predicted molar refractivity (Wildman–Crippen MR) is 119 cm³/mol. The lowest BCUT2D eigenvalue weighted by atomic mass is 10.2. The Labute approximate surface area is 185 Å². The van der Waals surface area contributed by atoms with Crippen molar-refractivity contribution >= 4 is 21.8 Å². The van der Waals surface area contributed by atoms with Crippen molar-refractivity contribution in [3.63, 3.8) is 0 Å². The van der Waals surface area contributed by atoms with E-state index in [0.717, 1.165) is 5.56 Å². The first-order valence-corrected chi connectivity index (χ1v) is 12.6. The van der Waals surface area contributed by atoms with E-state index in [1.54, 1.807) is 29.2 Å². The van der Waals surface area contributed by atoms with E-state index in [0.29, 0.717) is 65.2 Å². The number of sulfonamides is 1. The molecule has 2 amide bonds. The molecule has 0 aliphatic carbocycles. The Morgan fingerprint density at radius 3 is 2.19 bits per heavy atom. The topological polar surface area (TPSA) is 81.2 Å². The number of carbonyl (C=O) groups excluding carboxylic acids is 2. The second-order valence-corrected chi connectivity index (χ2v) is 10.1. The van der Waals surface area contributed by atoms with E-state index in [2.05, 4.69) is 4.90 Å². The van der Waals surface area contributed by atoms with E-state index in [4.69, 9.17) is 0 Å². The minimum absolute atomic E-state index is 0.107. The number of amides is 2. The van der Waals surface area contributed by atoms with Crippen LogP contribution >= 0.6 is 0 Å². The van der Waals surface area contributed by atoms with E-state index in [1.165, 1.54) is 4.31 Å². The average molecular weight is 451 g/mol. The van der Waals surface area contributed by atoms with Crippen molar-refractivity contribution < 1.29 is 18.0 Å². The summed E-state index contributed by atoms with van der Waals surface area (Å²) in [6.07, 6.45) is 1.23. The van der Waals surface area contributed by atoms with E-state index in [9.17, 15) is 18.0 Å². The van der Waals surface area contributed by atoms with Gasteiger partial charge in [0.25, 0.3) is 0 Å². The van der Waals surface area contributed by atoms with Gasteiger partial charge in [0.1, 0.15) is 6.04 Å². The summed E-state index contributed by atoms with van der Waals surface area (Å²) in [5.41, 5.74) is 0.991. The maximum atomic E-state index is 13.2. The van der Waals surface area contributed by atoms with E-state index in [-0.39, 0.29) is 16.7 Å². The van der Waals surface area contributed by atoms with Gasteiger partial charge in [-0.1, -0.05) is 17.7 Å². The molecule has 2 aliphatic heterocycles. The zero-order valence-corrected chi connectivity index (χ0v) is 19.6. The number of piperazine rings is 1. The molecule has 0 unspecified atom stereocenters. The number of aryl methyl sites for hydroxylation is 1. The van der Waals surface area contributed by atoms with Crippen LogP contribution in [0.15, 0.2) is 29.2 Å². The Hall–Kier alpha value is -1.97. The summed E-state index contributed by atoms with van der Waals surface area (Å²) in [6.45, 7) is 10.2. The van der Waals surface area contributed by atoms with Crippen LogP contribution in [-0.4, -0.2) is 97.6 Å². The van der Waals surface area contributed by atoms with E-state index >= 15 is 0 Å². The van der Waals surface area contributed by atoms with Crippen molar-refractivity contribution in [1.82, 2.24) is 19.0 Å². The molecule has 2 fully saturated rings. The summed E-state index contributed by atoms with van der Waals surface area (Å²) < 4.78 is 27.7. The second kappa shape index (κ2) is 10.1. The van der Waals surface area contributed by atoms with E-state index < -0.39 is 16.1 Å². The van der Waals surface area contributed by atoms with Crippen molar-refractivity contribution in [1.29, 1.82) is 0 Å². The van der Waals surface area contributed by atoms with Gasteiger partial charge in [-0.15, -0.1) is 0 Å². The Kier molecular flexibility index (Phi) is 7.72. The maximum Gasteiger partial charge on any atom is 0.243 e. The summed E-state index contributed by atoms with van der Waals surface area (Å²) in [4.78, 5) is 31.4. The SMILES string of the molecule is CCN(CC)C(=O)CN1CCN(C(=O)[C@@H]2CCCN2S(=O)(=O)c2ccc(C)cc2)CC1. The van der Waals surface area contributed by atoms with Crippen LogP contribution in [0.5, 0.6) is 0 Å². The van der Waals surface area contributed by atoms with Crippen molar-refractivity contribution in [2.45, 2.75) is 44.6 Å². The average Bonchev–Trinajstić information content (AvgIpc) is 3.26. The van der Waals surface area contributed by atoms with E-state index in [1.807, 2.05) is 25.7 Å². The van der Waals surface area contributed by atoms with Gasteiger partial charge in [-0.2, -0.15) is 4.31 Å². The number of rotatable bonds is 7. The lowest BCUT2D eigenvalue weighted by Crippen LogP contribution is -2.55. The number of benzene rings is 1. The smallest absolute Gasteiger partial charge is 0.243 e. The molecule has 1 atom stereocenters. The predicted octanol–water partition coefficient (Wildman–Crippen LogP) is 1.16. The van der Waals surface area contributed by atoms with Gasteiger partial charge in [0.05, 0.1) is 11.4 Å². The largest absolute Gasteiger partial charge is 0.342 e. The standard InChI is InChI=1S/C22H34N4O4S/c1-4-24(5-2)21(27)17-23-13-15-25(16-14-23)22(28)20-7-6-12-26(20)31(29,30)19-10-8-18(3)9-11-19/h8-11,20H,4-7,12-17H2,1-3H3/t20-/m0/s1. The molecular formula is C22H34N4O4S. The molecule has 2 aliphatic rings. The molecule has 1 aromatic rings. The van der Waals surface area contributed by atoms with Crippen LogP contribution < -0.4 is 0 Å². The number of hydrogen-bond donors (Lipinski definition) is 0. The fourth-order valence-corrected chi connectivity index (χ4v) is 5.98. The molecule has 172 valence electrons. The zero-order valence-electron chi connectivity index (χ0n) is 18.8. The highest BCUT2D eigenvalue weighted by atomic mass is 32.2. The first-order valence-electron chi connectivity index (χ1n) is 11.1. The molecule has 3 rings (SSSR count). The molecule has 0 N–H and O–H groups in total. The summed E-state index contributed by atoms with van der Waals surface area (Å²) in [5.74, 6) is -0.0150. The third-order valence-corrected chi connectivity index (χ3v) is 8.20. The molecule has 1 aromatic carbocycles. The fraction of sp³-hybridized carbons (Fsp3) is 0.636. The number of likely N-dealkylation sites (N-methyl/N-ethyl adjacent to an activating group) is 1. The monoisotopic (exact) mass is 450 g/mol. The highest BCUT2D eigenvalue weighted by Crippen LogP contribution is 2.27. The van der Waals surface area contributed by atoms with Gasteiger partial charge in [0.2, 0.25) is 21.8 Å². The Morgan fingerprint density at radius 1 is 1.00 bits per heavy atom. The van der Waals surface area contributed by atoms with Gasteiger partial charge in [-0.05, 0) is 45.7 Å². The van der Waals surface area contributed by atoms with Gasteiger partial charge in [0.15, 0.2) is 0 Å². The lowest BCUT2D eigenvalue weighted by molar-refractivity contribution is -0.137. The van der Waals surface area contributed by atoms with Crippen LogP contribution in [0.25, 0.3) is 0 Å². The zero-order chi connectivity index (χ0) is 22.6. The highest BCUT2D eigenvalue weighted by Gasteiger charge is 2.41. The summed E-state index contributed by atoms with van der Waals surface area (Å²) >= 11 is 0. The Bertz CT molecular complexity index is 875.